The predicted molar refractivity (Wildman–Crippen MR) is 128 cm³/mol. The van der Waals surface area contributed by atoms with Crippen molar-refractivity contribution in [3.05, 3.63) is 111 Å². The Morgan fingerprint density at radius 3 is 2.35 bits per heavy atom. The highest BCUT2D eigenvalue weighted by atomic mass is 35.5. The van der Waals surface area contributed by atoms with Gasteiger partial charge >= 0.3 is 5.97 Å². The van der Waals surface area contributed by atoms with Gasteiger partial charge in [0, 0.05) is 17.1 Å². The number of hydrogen-bond acceptors (Lipinski definition) is 5. The highest BCUT2D eigenvalue weighted by Gasteiger charge is 2.46. The first-order valence-electron chi connectivity index (χ1n) is 10.6. The fourth-order valence-corrected chi connectivity index (χ4v) is 4.30. The molecule has 1 atom stereocenters. The van der Waals surface area contributed by atoms with Crippen LogP contribution in [-0.2, 0) is 20.9 Å². The van der Waals surface area contributed by atoms with Gasteiger partial charge in [0.2, 0.25) is 0 Å². The largest absolute Gasteiger partial charge is 0.507 e. The van der Waals surface area contributed by atoms with Crippen molar-refractivity contribution in [3.63, 3.8) is 0 Å². The standard InChI is InChI=1S/C27H22ClNO5/c1-16-6-3-4-9-21(16)23-22(24(30)19-7-5-8-20(28)14-19)25(31)26(32)29(23)15-17-10-12-18(13-11-17)27(33)34-2/h3-14,23,30H,15H2,1-2H3/b24-22+. The topological polar surface area (TPSA) is 83.9 Å². The summed E-state index contributed by atoms with van der Waals surface area (Å²) in [5, 5.41) is 11.5. The Labute approximate surface area is 202 Å². The molecule has 172 valence electrons. The average molecular weight is 476 g/mol. The van der Waals surface area contributed by atoms with Crippen LogP contribution in [0.15, 0.2) is 78.4 Å². The second kappa shape index (κ2) is 9.53. The minimum absolute atomic E-state index is 0.00717. The van der Waals surface area contributed by atoms with Gasteiger partial charge in [0.15, 0.2) is 0 Å². The third kappa shape index (κ3) is 4.32. The van der Waals surface area contributed by atoms with Crippen molar-refractivity contribution in [2.75, 3.05) is 7.11 Å². The molecule has 4 rings (SSSR count). The molecule has 0 aliphatic carbocycles. The molecule has 0 radical (unpaired) electrons. The predicted octanol–water partition coefficient (Wildman–Crippen LogP) is 5.06. The number of likely N-dealkylation sites (tertiary alicyclic amines) is 1. The molecular weight excluding hydrogens is 454 g/mol. The van der Waals surface area contributed by atoms with Crippen molar-refractivity contribution in [1.82, 2.24) is 4.90 Å². The van der Waals surface area contributed by atoms with E-state index in [0.717, 1.165) is 16.7 Å². The lowest BCUT2D eigenvalue weighted by molar-refractivity contribution is -0.140. The summed E-state index contributed by atoms with van der Waals surface area (Å²) in [5.41, 5.74) is 3.06. The quantitative estimate of drug-likeness (QED) is 0.241. The number of Topliss-reactive ketones (excluding diaryl/α,β-unsaturated/α-hetero) is 1. The lowest BCUT2D eigenvalue weighted by Crippen LogP contribution is -2.29. The lowest BCUT2D eigenvalue weighted by Gasteiger charge is -2.26. The van der Waals surface area contributed by atoms with E-state index in [1.54, 1.807) is 48.5 Å². The van der Waals surface area contributed by atoms with Gasteiger partial charge in [-0.05, 0) is 47.9 Å². The maximum absolute atomic E-state index is 13.2. The molecule has 1 unspecified atom stereocenters. The van der Waals surface area contributed by atoms with Gasteiger partial charge in [-0.3, -0.25) is 9.59 Å². The third-order valence-corrected chi connectivity index (χ3v) is 6.08. The number of amides is 1. The van der Waals surface area contributed by atoms with Gasteiger partial charge < -0.3 is 14.7 Å². The zero-order valence-corrected chi connectivity index (χ0v) is 19.4. The van der Waals surface area contributed by atoms with Crippen LogP contribution in [0.3, 0.4) is 0 Å². The molecule has 1 heterocycles. The first-order valence-corrected chi connectivity index (χ1v) is 11.0. The summed E-state index contributed by atoms with van der Waals surface area (Å²) in [5.74, 6) is -2.23. The first kappa shape index (κ1) is 23.3. The minimum atomic E-state index is -0.791. The number of ketones is 1. The van der Waals surface area contributed by atoms with Gasteiger partial charge in [0.1, 0.15) is 5.76 Å². The number of ether oxygens (including phenoxy) is 1. The van der Waals surface area contributed by atoms with Crippen LogP contribution in [0.4, 0.5) is 0 Å². The van der Waals surface area contributed by atoms with Gasteiger partial charge in [0.25, 0.3) is 11.7 Å². The Hall–Kier alpha value is -3.90. The molecule has 0 bridgehead atoms. The number of aryl methyl sites for hydroxylation is 1. The van der Waals surface area contributed by atoms with Crippen LogP contribution < -0.4 is 0 Å². The Morgan fingerprint density at radius 1 is 1.00 bits per heavy atom. The Bertz CT molecular complexity index is 1310. The number of benzene rings is 3. The Morgan fingerprint density at radius 2 is 1.71 bits per heavy atom. The smallest absolute Gasteiger partial charge is 0.337 e. The molecule has 1 aliphatic heterocycles. The summed E-state index contributed by atoms with van der Waals surface area (Å²) in [6.07, 6.45) is 0. The fourth-order valence-electron chi connectivity index (χ4n) is 4.11. The highest BCUT2D eigenvalue weighted by molar-refractivity contribution is 6.46. The number of aliphatic hydroxyl groups excluding tert-OH is 1. The summed E-state index contributed by atoms with van der Waals surface area (Å²) in [4.78, 5) is 39.5. The van der Waals surface area contributed by atoms with Crippen molar-refractivity contribution in [2.45, 2.75) is 19.5 Å². The van der Waals surface area contributed by atoms with E-state index in [1.807, 2.05) is 31.2 Å². The number of aliphatic hydroxyl groups is 1. The fraction of sp³-hybridized carbons (Fsp3) is 0.148. The van der Waals surface area contributed by atoms with E-state index in [2.05, 4.69) is 0 Å². The van der Waals surface area contributed by atoms with Gasteiger partial charge in [-0.15, -0.1) is 0 Å². The molecular formula is C27H22ClNO5. The summed E-state index contributed by atoms with van der Waals surface area (Å²) in [6, 6.07) is 19.8. The molecule has 0 spiro atoms. The van der Waals surface area contributed by atoms with E-state index in [1.165, 1.54) is 12.0 Å². The van der Waals surface area contributed by atoms with Crippen molar-refractivity contribution >= 4 is 35.0 Å². The SMILES string of the molecule is COC(=O)c1ccc(CN2C(=O)C(=O)/C(=C(/O)c3cccc(Cl)c3)C2c2ccccc2C)cc1. The zero-order valence-electron chi connectivity index (χ0n) is 18.6. The van der Waals surface area contributed by atoms with Crippen molar-refractivity contribution in [2.24, 2.45) is 0 Å². The van der Waals surface area contributed by atoms with Crippen LogP contribution >= 0.6 is 11.6 Å². The number of halogens is 1. The van der Waals surface area contributed by atoms with Crippen molar-refractivity contribution in [1.29, 1.82) is 0 Å². The molecule has 3 aromatic carbocycles. The number of nitrogens with zero attached hydrogens (tertiary/aromatic N) is 1. The van der Waals surface area contributed by atoms with Gasteiger partial charge in [-0.2, -0.15) is 0 Å². The van der Waals surface area contributed by atoms with E-state index in [-0.39, 0.29) is 17.9 Å². The molecule has 3 aromatic rings. The second-order valence-electron chi connectivity index (χ2n) is 7.98. The molecule has 1 saturated heterocycles. The summed E-state index contributed by atoms with van der Waals surface area (Å²) in [6.45, 7) is 2.00. The van der Waals surface area contributed by atoms with Gasteiger partial charge in [-0.25, -0.2) is 4.79 Å². The molecule has 1 amide bonds. The van der Waals surface area contributed by atoms with Crippen LogP contribution in [-0.4, -0.2) is 34.8 Å². The Balaban J connectivity index is 1.82. The van der Waals surface area contributed by atoms with E-state index in [4.69, 9.17) is 16.3 Å². The average Bonchev–Trinajstić information content (AvgIpc) is 3.08. The zero-order chi connectivity index (χ0) is 24.4. The Kier molecular flexibility index (Phi) is 6.52. The molecule has 0 aromatic heterocycles. The van der Waals surface area contributed by atoms with Gasteiger partial charge in [0.05, 0.1) is 24.3 Å². The van der Waals surface area contributed by atoms with Crippen LogP contribution in [0.25, 0.3) is 5.76 Å². The van der Waals surface area contributed by atoms with Crippen LogP contribution in [0.1, 0.15) is 38.7 Å². The highest BCUT2D eigenvalue weighted by Crippen LogP contribution is 2.41. The summed E-state index contributed by atoms with van der Waals surface area (Å²) in [7, 11) is 1.30. The van der Waals surface area contributed by atoms with E-state index >= 15 is 0 Å². The minimum Gasteiger partial charge on any atom is -0.507 e. The number of carbonyl (C=O) groups excluding carboxylic acids is 3. The second-order valence-corrected chi connectivity index (χ2v) is 8.42. The van der Waals surface area contributed by atoms with E-state index in [0.29, 0.717) is 16.1 Å². The molecule has 1 fully saturated rings. The first-order chi connectivity index (χ1) is 16.3. The monoisotopic (exact) mass is 475 g/mol. The number of esters is 1. The van der Waals surface area contributed by atoms with Crippen LogP contribution in [0.5, 0.6) is 0 Å². The normalized spacial score (nSPS) is 17.1. The van der Waals surface area contributed by atoms with Crippen LogP contribution in [0, 0.1) is 6.92 Å². The van der Waals surface area contributed by atoms with Crippen LogP contribution in [0.2, 0.25) is 5.02 Å². The third-order valence-electron chi connectivity index (χ3n) is 5.85. The molecule has 1 N–H and O–H groups in total. The number of rotatable bonds is 5. The molecule has 7 heteroatoms. The molecule has 1 aliphatic rings. The number of methoxy groups -OCH3 is 1. The molecule has 6 nitrogen and oxygen atoms in total. The lowest BCUT2D eigenvalue weighted by atomic mass is 9.92. The molecule has 0 saturated carbocycles. The maximum Gasteiger partial charge on any atom is 0.337 e. The number of hydrogen-bond donors (Lipinski definition) is 1. The summed E-state index contributed by atoms with van der Waals surface area (Å²) >= 11 is 6.09. The molecule has 34 heavy (non-hydrogen) atoms. The number of carbonyl (C=O) groups is 3. The maximum atomic E-state index is 13.2. The van der Waals surface area contributed by atoms with E-state index in [9.17, 15) is 19.5 Å². The summed E-state index contributed by atoms with van der Waals surface area (Å²) < 4.78 is 4.73. The van der Waals surface area contributed by atoms with Crippen molar-refractivity contribution in [3.8, 4) is 0 Å². The van der Waals surface area contributed by atoms with Crippen molar-refractivity contribution < 1.29 is 24.2 Å². The van der Waals surface area contributed by atoms with Gasteiger partial charge in [-0.1, -0.05) is 60.1 Å². The van der Waals surface area contributed by atoms with E-state index < -0.39 is 23.7 Å².